The number of anilines is 1. The average molecular weight is 477 g/mol. The maximum absolute atomic E-state index is 13.3. The fraction of sp³-hybridized carbons (Fsp3) is 0.407. The third-order valence-electron chi connectivity index (χ3n) is 7.08. The molecular weight excluding hydrogens is 444 g/mol. The molecule has 0 bridgehead atoms. The monoisotopic (exact) mass is 476 g/mol. The molecular formula is C27H32N4O4. The minimum atomic E-state index is 0.00477. The van der Waals surface area contributed by atoms with Gasteiger partial charge in [-0.25, -0.2) is 4.98 Å². The minimum Gasteiger partial charge on any atom is -0.497 e. The maximum Gasteiger partial charge on any atom is 0.274 e. The molecule has 8 nitrogen and oxygen atoms in total. The zero-order valence-corrected chi connectivity index (χ0v) is 20.6. The van der Waals surface area contributed by atoms with E-state index in [0.29, 0.717) is 24.7 Å². The lowest BCUT2D eigenvalue weighted by Crippen LogP contribution is -2.49. The van der Waals surface area contributed by atoms with Crippen LogP contribution in [0.2, 0.25) is 0 Å². The molecule has 1 fully saturated rings. The predicted molar refractivity (Wildman–Crippen MR) is 134 cm³/mol. The van der Waals surface area contributed by atoms with Crippen molar-refractivity contribution < 1.29 is 19.0 Å². The lowest BCUT2D eigenvalue weighted by atomic mass is 9.91. The van der Waals surface area contributed by atoms with Gasteiger partial charge in [0, 0.05) is 57.3 Å². The number of hydrogen-bond donors (Lipinski definition) is 0. The van der Waals surface area contributed by atoms with Gasteiger partial charge in [-0.3, -0.25) is 4.79 Å². The third-order valence-corrected chi connectivity index (χ3v) is 7.08. The van der Waals surface area contributed by atoms with Gasteiger partial charge < -0.3 is 28.6 Å². The van der Waals surface area contributed by atoms with E-state index >= 15 is 0 Å². The Labute approximate surface area is 206 Å². The fourth-order valence-electron chi connectivity index (χ4n) is 5.16. The van der Waals surface area contributed by atoms with Gasteiger partial charge in [0.15, 0.2) is 0 Å². The summed E-state index contributed by atoms with van der Waals surface area (Å²) in [6.07, 6.45) is 3.71. The zero-order chi connectivity index (χ0) is 24.4. The third kappa shape index (κ3) is 4.52. The van der Waals surface area contributed by atoms with Gasteiger partial charge in [-0.2, -0.15) is 0 Å². The Kier molecular flexibility index (Phi) is 6.53. The number of carbonyl (C=O) groups is 1. The van der Waals surface area contributed by atoms with Gasteiger partial charge in [-0.1, -0.05) is 18.2 Å². The molecule has 0 aliphatic carbocycles. The van der Waals surface area contributed by atoms with E-state index in [4.69, 9.17) is 19.2 Å². The number of fused-ring (bicyclic) bond motifs is 1. The van der Waals surface area contributed by atoms with Gasteiger partial charge in [0.1, 0.15) is 28.8 Å². The van der Waals surface area contributed by atoms with Crippen LogP contribution in [0.15, 0.2) is 48.7 Å². The van der Waals surface area contributed by atoms with Gasteiger partial charge in [0.2, 0.25) is 0 Å². The van der Waals surface area contributed by atoms with Crippen LogP contribution in [0.25, 0.3) is 0 Å². The van der Waals surface area contributed by atoms with Crippen molar-refractivity contribution in [3.63, 3.8) is 0 Å². The number of ether oxygens (including phenoxy) is 3. The molecule has 8 heteroatoms. The highest BCUT2D eigenvalue weighted by Crippen LogP contribution is 2.36. The number of carbonyl (C=O) groups excluding carboxylic acids is 1. The highest BCUT2D eigenvalue weighted by atomic mass is 16.5. The topological polar surface area (TPSA) is 69.1 Å². The second-order valence-electron chi connectivity index (χ2n) is 8.99. The van der Waals surface area contributed by atoms with E-state index in [1.807, 2.05) is 41.4 Å². The summed E-state index contributed by atoms with van der Waals surface area (Å²) < 4.78 is 18.6. The molecule has 35 heavy (non-hydrogen) atoms. The van der Waals surface area contributed by atoms with E-state index in [9.17, 15) is 4.79 Å². The molecule has 0 saturated carbocycles. The van der Waals surface area contributed by atoms with Crippen molar-refractivity contribution in [2.45, 2.75) is 25.3 Å². The van der Waals surface area contributed by atoms with Crippen LogP contribution in [0, 0.1) is 0 Å². The van der Waals surface area contributed by atoms with Gasteiger partial charge in [0.05, 0.1) is 27.0 Å². The lowest BCUT2D eigenvalue weighted by Gasteiger charge is -2.36. The van der Waals surface area contributed by atoms with E-state index < -0.39 is 0 Å². The van der Waals surface area contributed by atoms with Gasteiger partial charge in [-0.15, -0.1) is 0 Å². The molecule has 0 spiro atoms. The molecule has 2 aliphatic heterocycles. The minimum absolute atomic E-state index is 0.00477. The summed E-state index contributed by atoms with van der Waals surface area (Å²) in [7, 11) is 5.03. The molecule has 0 radical (unpaired) electrons. The largest absolute Gasteiger partial charge is 0.497 e. The second-order valence-corrected chi connectivity index (χ2v) is 8.99. The molecule has 3 heterocycles. The van der Waals surface area contributed by atoms with Crippen molar-refractivity contribution in [1.29, 1.82) is 0 Å². The van der Waals surface area contributed by atoms with Crippen molar-refractivity contribution in [3.8, 4) is 17.2 Å². The Morgan fingerprint density at radius 1 is 0.943 bits per heavy atom. The molecule has 5 rings (SSSR count). The molecule has 2 aliphatic rings. The summed E-state index contributed by atoms with van der Waals surface area (Å²) in [5, 5.41) is 0. The van der Waals surface area contributed by atoms with Crippen molar-refractivity contribution in [2.75, 3.05) is 52.4 Å². The maximum atomic E-state index is 13.3. The molecule has 3 aromatic rings. The van der Waals surface area contributed by atoms with E-state index in [1.54, 1.807) is 21.3 Å². The molecule has 0 unspecified atom stereocenters. The number of aryl methyl sites for hydroxylation is 1. The van der Waals surface area contributed by atoms with Crippen LogP contribution in [0.1, 0.15) is 34.2 Å². The van der Waals surface area contributed by atoms with E-state index in [1.165, 1.54) is 0 Å². The van der Waals surface area contributed by atoms with Crippen LogP contribution in [0.4, 0.5) is 5.69 Å². The van der Waals surface area contributed by atoms with Crippen LogP contribution in [0.5, 0.6) is 17.2 Å². The fourth-order valence-corrected chi connectivity index (χ4v) is 5.16. The van der Waals surface area contributed by atoms with Crippen LogP contribution < -0.4 is 19.1 Å². The van der Waals surface area contributed by atoms with Crippen LogP contribution in [0.3, 0.4) is 0 Å². The summed E-state index contributed by atoms with van der Waals surface area (Å²) in [5.74, 6) is 3.75. The molecule has 2 aromatic carbocycles. The highest BCUT2D eigenvalue weighted by Gasteiger charge is 2.29. The number of rotatable bonds is 6. The quantitative estimate of drug-likeness (QED) is 0.542. The zero-order valence-electron chi connectivity index (χ0n) is 20.6. The number of nitrogens with zero attached hydrogens (tertiary/aromatic N) is 4. The van der Waals surface area contributed by atoms with Crippen molar-refractivity contribution in [2.24, 2.45) is 0 Å². The Bertz CT molecular complexity index is 1200. The number of aromatic nitrogens is 2. The van der Waals surface area contributed by atoms with Crippen LogP contribution in [-0.2, 0) is 13.0 Å². The first-order valence-corrected chi connectivity index (χ1v) is 12.1. The number of benzene rings is 2. The Hall–Kier alpha value is -3.68. The first-order valence-electron chi connectivity index (χ1n) is 12.1. The molecule has 1 amide bonds. The van der Waals surface area contributed by atoms with Crippen LogP contribution in [-0.4, -0.2) is 67.9 Å². The Balaban J connectivity index is 1.26. The SMILES string of the molecule is COc1ccc([C@H]2CCc3nc(C(=O)N4CCN(c5ccccc5OC)CC4)cn3C2)c(OC)c1. The number of para-hydroxylation sites is 2. The number of amides is 1. The van der Waals surface area contributed by atoms with Crippen molar-refractivity contribution in [3.05, 3.63) is 65.7 Å². The number of methoxy groups -OCH3 is 3. The molecule has 1 saturated heterocycles. The first kappa shape index (κ1) is 23.1. The Morgan fingerprint density at radius 2 is 1.71 bits per heavy atom. The summed E-state index contributed by atoms with van der Waals surface area (Å²) >= 11 is 0. The summed E-state index contributed by atoms with van der Waals surface area (Å²) in [5.41, 5.74) is 2.76. The molecule has 0 N–H and O–H groups in total. The molecule has 184 valence electrons. The summed E-state index contributed by atoms with van der Waals surface area (Å²) in [6.45, 7) is 3.62. The van der Waals surface area contributed by atoms with Gasteiger partial charge in [-0.05, 0) is 30.2 Å². The lowest BCUT2D eigenvalue weighted by molar-refractivity contribution is 0.0741. The van der Waals surface area contributed by atoms with Crippen molar-refractivity contribution >= 4 is 11.6 Å². The van der Waals surface area contributed by atoms with E-state index in [2.05, 4.69) is 21.6 Å². The predicted octanol–water partition coefficient (Wildman–Crippen LogP) is 3.60. The number of piperazine rings is 1. The van der Waals surface area contributed by atoms with Crippen molar-refractivity contribution in [1.82, 2.24) is 14.5 Å². The number of imidazole rings is 1. The average Bonchev–Trinajstić information content (AvgIpc) is 3.36. The van der Waals surface area contributed by atoms with E-state index in [0.717, 1.165) is 66.8 Å². The van der Waals surface area contributed by atoms with E-state index in [-0.39, 0.29) is 5.91 Å². The van der Waals surface area contributed by atoms with Gasteiger partial charge in [0.25, 0.3) is 5.91 Å². The smallest absolute Gasteiger partial charge is 0.274 e. The molecule has 1 aromatic heterocycles. The molecule has 1 atom stereocenters. The summed E-state index contributed by atoms with van der Waals surface area (Å²) in [4.78, 5) is 22.2. The number of hydrogen-bond acceptors (Lipinski definition) is 6. The Morgan fingerprint density at radius 3 is 2.46 bits per heavy atom. The standard InChI is InChI=1S/C27H32N4O4/c1-33-20-9-10-21(25(16-20)35-3)19-8-11-26-28-22(18-31(26)17-19)27(32)30-14-12-29(13-15-30)23-6-4-5-7-24(23)34-2/h4-7,9-10,16,18-19H,8,11-15,17H2,1-3H3/t19-/m0/s1. The van der Waals surface area contributed by atoms with Crippen LogP contribution >= 0.6 is 0 Å². The summed E-state index contributed by atoms with van der Waals surface area (Å²) in [6, 6.07) is 14.0. The second kappa shape index (κ2) is 9.90. The highest BCUT2D eigenvalue weighted by molar-refractivity contribution is 5.92. The normalized spacial score (nSPS) is 17.6. The van der Waals surface area contributed by atoms with Gasteiger partial charge >= 0.3 is 0 Å². The first-order chi connectivity index (χ1) is 17.1.